The molecule has 0 atom stereocenters. The van der Waals surface area contributed by atoms with Crippen LogP contribution < -0.4 is 4.90 Å². The van der Waals surface area contributed by atoms with E-state index in [1.807, 2.05) is 0 Å². The molecule has 9 rings (SSSR count). The van der Waals surface area contributed by atoms with E-state index in [0.717, 1.165) is 17.1 Å². The lowest BCUT2D eigenvalue weighted by Gasteiger charge is -2.27. The largest absolute Gasteiger partial charge is 0.310 e. The van der Waals surface area contributed by atoms with E-state index >= 15 is 0 Å². The molecule has 254 valence electrons. The van der Waals surface area contributed by atoms with Gasteiger partial charge in [-0.2, -0.15) is 0 Å². The lowest BCUT2D eigenvalue weighted by Crippen LogP contribution is -2.10. The number of rotatable bonds is 7. The number of hydrogen-bond acceptors (Lipinski definition) is 1. The van der Waals surface area contributed by atoms with Gasteiger partial charge in [0.05, 0.1) is 11.0 Å². The highest BCUT2D eigenvalue weighted by molar-refractivity contribution is 6.11. The molecule has 0 saturated carbocycles. The van der Waals surface area contributed by atoms with Gasteiger partial charge in [-0.25, -0.2) is 0 Å². The first-order valence-electron chi connectivity index (χ1n) is 18.4. The Bertz CT molecular complexity index is 2680. The van der Waals surface area contributed by atoms with Crippen molar-refractivity contribution < 1.29 is 0 Å². The van der Waals surface area contributed by atoms with E-state index in [-0.39, 0.29) is 0 Å². The van der Waals surface area contributed by atoms with E-state index in [1.165, 1.54) is 77.6 Å². The Morgan fingerprint density at radius 2 is 0.962 bits per heavy atom. The molecule has 9 aromatic rings. The van der Waals surface area contributed by atoms with Gasteiger partial charge >= 0.3 is 0 Å². The van der Waals surface area contributed by atoms with E-state index in [2.05, 4.69) is 218 Å². The van der Waals surface area contributed by atoms with Gasteiger partial charge in [0.25, 0.3) is 0 Å². The monoisotopic (exact) mass is 680 g/mol. The van der Waals surface area contributed by atoms with E-state index < -0.39 is 0 Å². The van der Waals surface area contributed by atoms with Gasteiger partial charge in [0.2, 0.25) is 0 Å². The topological polar surface area (TPSA) is 8.17 Å². The van der Waals surface area contributed by atoms with Crippen molar-refractivity contribution >= 4 is 38.9 Å². The molecule has 0 aliphatic rings. The summed E-state index contributed by atoms with van der Waals surface area (Å²) in [6.45, 7) is 6.52. The van der Waals surface area contributed by atoms with Gasteiger partial charge in [-0.15, -0.1) is 0 Å². The Morgan fingerprint density at radius 3 is 1.64 bits per heavy atom. The average molecular weight is 681 g/mol. The number of hydrogen-bond donors (Lipinski definition) is 0. The normalized spacial score (nSPS) is 11.3. The van der Waals surface area contributed by atoms with Crippen LogP contribution in [0.15, 0.2) is 188 Å². The number of fused-ring (bicyclic) bond motifs is 3. The predicted molar refractivity (Wildman–Crippen MR) is 226 cm³/mol. The summed E-state index contributed by atoms with van der Waals surface area (Å²) in [5.41, 5.74) is 18.0. The summed E-state index contributed by atoms with van der Waals surface area (Å²) >= 11 is 0. The van der Waals surface area contributed by atoms with Gasteiger partial charge in [0.1, 0.15) is 0 Å². The second-order valence-electron chi connectivity index (χ2n) is 14.0. The van der Waals surface area contributed by atoms with Crippen LogP contribution in [0, 0.1) is 20.8 Å². The number of aryl methyl sites for hydroxylation is 3. The highest BCUT2D eigenvalue weighted by Gasteiger charge is 2.20. The second-order valence-corrected chi connectivity index (χ2v) is 14.0. The van der Waals surface area contributed by atoms with Gasteiger partial charge in [-0.1, -0.05) is 132 Å². The summed E-state index contributed by atoms with van der Waals surface area (Å²) in [4.78, 5) is 2.35. The van der Waals surface area contributed by atoms with Crippen LogP contribution >= 0.6 is 0 Å². The highest BCUT2D eigenvalue weighted by atomic mass is 15.1. The van der Waals surface area contributed by atoms with Crippen molar-refractivity contribution in [3.8, 4) is 39.1 Å². The number of benzene rings is 8. The molecular weight excluding hydrogens is 641 g/mol. The molecule has 0 N–H and O–H groups in total. The molecule has 1 aromatic heterocycles. The van der Waals surface area contributed by atoms with Gasteiger partial charge in [0.15, 0.2) is 0 Å². The molecule has 53 heavy (non-hydrogen) atoms. The molecule has 0 radical (unpaired) electrons. The maximum Gasteiger partial charge on any atom is 0.0541 e. The number of nitrogens with zero attached hydrogens (tertiary/aromatic N) is 2. The summed E-state index contributed by atoms with van der Waals surface area (Å²) in [6.07, 6.45) is 0. The molecule has 8 aromatic carbocycles. The zero-order valence-electron chi connectivity index (χ0n) is 30.3. The molecule has 0 fully saturated rings. The number of aromatic nitrogens is 1. The van der Waals surface area contributed by atoms with Gasteiger partial charge in [0, 0.05) is 33.5 Å². The van der Waals surface area contributed by atoms with Crippen LogP contribution in [0.2, 0.25) is 0 Å². The summed E-state index contributed by atoms with van der Waals surface area (Å²) < 4.78 is 2.38. The minimum Gasteiger partial charge on any atom is -0.310 e. The van der Waals surface area contributed by atoms with E-state index in [4.69, 9.17) is 0 Å². The standard InChI is InChI=1S/C51H40N2/c1-35-21-26-41(27-22-35)52(42-28-23-36(2)24-29-42)43-30-31-44(37(3)33-43)47-19-12-18-45(51(47)38-13-6-4-7-14-38)39-25-32-50-48(34-39)46-17-10-11-20-49(46)53(50)40-15-8-5-9-16-40/h4-34H,1-3H3. The summed E-state index contributed by atoms with van der Waals surface area (Å²) in [5, 5.41) is 2.50. The summed E-state index contributed by atoms with van der Waals surface area (Å²) in [7, 11) is 0. The number of anilines is 3. The van der Waals surface area contributed by atoms with Crippen molar-refractivity contribution in [3.63, 3.8) is 0 Å². The van der Waals surface area contributed by atoms with Crippen LogP contribution in [0.4, 0.5) is 17.1 Å². The molecule has 0 aliphatic carbocycles. The van der Waals surface area contributed by atoms with E-state index in [0.29, 0.717) is 0 Å². The van der Waals surface area contributed by atoms with Crippen LogP contribution in [0.25, 0.3) is 60.9 Å². The Morgan fingerprint density at radius 1 is 0.377 bits per heavy atom. The van der Waals surface area contributed by atoms with Crippen LogP contribution in [0.3, 0.4) is 0 Å². The molecular formula is C51H40N2. The Balaban J connectivity index is 1.21. The predicted octanol–water partition coefficient (Wildman–Crippen LogP) is 14.2. The fourth-order valence-corrected chi connectivity index (χ4v) is 7.85. The van der Waals surface area contributed by atoms with E-state index in [9.17, 15) is 0 Å². The van der Waals surface area contributed by atoms with Gasteiger partial charge in [-0.05, 0) is 126 Å². The van der Waals surface area contributed by atoms with Crippen molar-refractivity contribution in [3.05, 3.63) is 205 Å². The third-order valence-corrected chi connectivity index (χ3v) is 10.5. The molecule has 2 nitrogen and oxygen atoms in total. The SMILES string of the molecule is Cc1ccc(N(c2ccc(C)cc2)c2ccc(-c3cccc(-c4ccc5c(c4)c4ccccc4n5-c4ccccc4)c3-c3ccccc3)c(C)c2)cc1. The molecule has 0 saturated heterocycles. The zero-order valence-corrected chi connectivity index (χ0v) is 30.3. The van der Waals surface area contributed by atoms with Crippen molar-refractivity contribution in [1.82, 2.24) is 4.57 Å². The maximum atomic E-state index is 2.39. The zero-order chi connectivity index (χ0) is 35.9. The molecule has 0 amide bonds. The lowest BCUT2D eigenvalue weighted by atomic mass is 9.86. The van der Waals surface area contributed by atoms with Crippen LogP contribution in [-0.4, -0.2) is 4.57 Å². The van der Waals surface area contributed by atoms with Crippen LogP contribution in [-0.2, 0) is 0 Å². The Kier molecular flexibility index (Phi) is 8.21. The summed E-state index contributed by atoms with van der Waals surface area (Å²) in [6, 6.07) is 68.5. The highest BCUT2D eigenvalue weighted by Crippen LogP contribution is 2.44. The first-order valence-corrected chi connectivity index (χ1v) is 18.4. The smallest absolute Gasteiger partial charge is 0.0541 e. The van der Waals surface area contributed by atoms with Gasteiger partial charge in [-0.3, -0.25) is 0 Å². The molecule has 0 spiro atoms. The quantitative estimate of drug-likeness (QED) is 0.163. The van der Waals surface area contributed by atoms with Crippen molar-refractivity contribution in [1.29, 1.82) is 0 Å². The lowest BCUT2D eigenvalue weighted by molar-refractivity contribution is 1.18. The average Bonchev–Trinajstić information content (AvgIpc) is 3.54. The minimum atomic E-state index is 1.14. The maximum absolute atomic E-state index is 2.39. The fraction of sp³-hybridized carbons (Fsp3) is 0.0588. The van der Waals surface area contributed by atoms with Gasteiger partial charge < -0.3 is 9.47 Å². The third kappa shape index (κ3) is 5.89. The minimum absolute atomic E-state index is 1.14. The molecule has 0 aliphatic heterocycles. The number of para-hydroxylation sites is 2. The Labute approximate surface area is 311 Å². The van der Waals surface area contributed by atoms with Crippen LogP contribution in [0.1, 0.15) is 16.7 Å². The van der Waals surface area contributed by atoms with Crippen molar-refractivity contribution in [2.45, 2.75) is 20.8 Å². The Hall–Kier alpha value is -6.64. The third-order valence-electron chi connectivity index (χ3n) is 10.5. The first kappa shape index (κ1) is 32.3. The van der Waals surface area contributed by atoms with Crippen LogP contribution in [0.5, 0.6) is 0 Å². The second kappa shape index (κ2) is 13.5. The molecule has 2 heteroatoms. The van der Waals surface area contributed by atoms with Crippen molar-refractivity contribution in [2.75, 3.05) is 4.90 Å². The first-order chi connectivity index (χ1) is 26.0. The molecule has 1 heterocycles. The summed E-state index contributed by atoms with van der Waals surface area (Å²) in [5.74, 6) is 0. The fourth-order valence-electron chi connectivity index (χ4n) is 7.85. The van der Waals surface area contributed by atoms with E-state index in [1.54, 1.807) is 0 Å². The molecule has 0 bridgehead atoms. The van der Waals surface area contributed by atoms with Crippen molar-refractivity contribution in [2.24, 2.45) is 0 Å². The molecule has 0 unspecified atom stereocenters.